The Hall–Kier alpha value is -1.92. The summed E-state index contributed by atoms with van der Waals surface area (Å²) < 4.78 is 5.38. The van der Waals surface area contributed by atoms with Gasteiger partial charge in [0.25, 0.3) is 5.91 Å². The lowest BCUT2D eigenvalue weighted by Crippen LogP contribution is -2.43. The van der Waals surface area contributed by atoms with E-state index in [-0.39, 0.29) is 17.9 Å². The number of piperidine rings is 1. The van der Waals surface area contributed by atoms with Crippen molar-refractivity contribution in [2.75, 3.05) is 31.6 Å². The van der Waals surface area contributed by atoms with E-state index in [0.29, 0.717) is 31.2 Å². The number of likely N-dealkylation sites (tertiary alicyclic amines) is 1. The maximum absolute atomic E-state index is 12.8. The van der Waals surface area contributed by atoms with Crippen molar-refractivity contribution in [2.24, 2.45) is 0 Å². The zero-order chi connectivity index (χ0) is 18.5. The molecule has 2 amide bonds. The standard InChI is InChI=1S/C20H29N3O3/c1-14-11-16(20(25)23-9-4-3-5-15(23)2)6-7-18(14)22-19(24)12-17-13-26-10-8-21-17/h6-7,11,15,17,21H,3-5,8-10,12-13H2,1-2H3,(H,22,24). The van der Waals surface area contributed by atoms with E-state index < -0.39 is 0 Å². The van der Waals surface area contributed by atoms with E-state index in [4.69, 9.17) is 4.74 Å². The van der Waals surface area contributed by atoms with Gasteiger partial charge in [-0.15, -0.1) is 0 Å². The number of nitrogens with one attached hydrogen (secondary N) is 2. The van der Waals surface area contributed by atoms with Crippen LogP contribution in [0.5, 0.6) is 0 Å². The molecular formula is C20H29N3O3. The smallest absolute Gasteiger partial charge is 0.254 e. The molecule has 6 heteroatoms. The van der Waals surface area contributed by atoms with Gasteiger partial charge in [0.15, 0.2) is 0 Å². The van der Waals surface area contributed by atoms with E-state index in [1.165, 1.54) is 6.42 Å². The number of hydrogen-bond acceptors (Lipinski definition) is 4. The molecule has 0 aliphatic carbocycles. The van der Waals surface area contributed by atoms with Gasteiger partial charge in [0.1, 0.15) is 0 Å². The molecule has 6 nitrogen and oxygen atoms in total. The van der Waals surface area contributed by atoms with Gasteiger partial charge in [0.05, 0.1) is 13.2 Å². The Balaban J connectivity index is 1.61. The van der Waals surface area contributed by atoms with E-state index in [9.17, 15) is 9.59 Å². The number of carbonyl (C=O) groups excluding carboxylic acids is 2. The van der Waals surface area contributed by atoms with Crippen molar-refractivity contribution in [1.82, 2.24) is 10.2 Å². The van der Waals surface area contributed by atoms with Crippen LogP contribution in [0, 0.1) is 6.92 Å². The zero-order valence-electron chi connectivity index (χ0n) is 15.7. The highest BCUT2D eigenvalue weighted by Gasteiger charge is 2.24. The van der Waals surface area contributed by atoms with E-state index in [1.807, 2.05) is 30.0 Å². The van der Waals surface area contributed by atoms with E-state index >= 15 is 0 Å². The molecule has 0 bridgehead atoms. The maximum Gasteiger partial charge on any atom is 0.254 e. The molecule has 2 fully saturated rings. The van der Waals surface area contributed by atoms with Gasteiger partial charge in [0.2, 0.25) is 5.91 Å². The maximum atomic E-state index is 12.8. The van der Waals surface area contributed by atoms with Gasteiger partial charge in [-0.05, 0) is 56.9 Å². The number of ether oxygens (including phenoxy) is 1. The first-order valence-electron chi connectivity index (χ1n) is 9.57. The highest BCUT2D eigenvalue weighted by molar-refractivity contribution is 5.96. The van der Waals surface area contributed by atoms with Crippen LogP contribution in [0.2, 0.25) is 0 Å². The molecule has 2 aliphatic heterocycles. The van der Waals surface area contributed by atoms with Gasteiger partial charge in [-0.3, -0.25) is 9.59 Å². The quantitative estimate of drug-likeness (QED) is 0.866. The van der Waals surface area contributed by atoms with Gasteiger partial charge in [0, 0.05) is 42.8 Å². The van der Waals surface area contributed by atoms with Gasteiger partial charge in [-0.2, -0.15) is 0 Å². The van der Waals surface area contributed by atoms with Crippen molar-refractivity contribution >= 4 is 17.5 Å². The Morgan fingerprint density at radius 3 is 2.88 bits per heavy atom. The molecule has 2 N–H and O–H groups in total. The minimum atomic E-state index is -0.0418. The van der Waals surface area contributed by atoms with Crippen LogP contribution < -0.4 is 10.6 Å². The summed E-state index contributed by atoms with van der Waals surface area (Å²) in [5.74, 6) is 0.0431. The number of anilines is 1. The molecule has 3 rings (SSSR count). The van der Waals surface area contributed by atoms with Gasteiger partial charge >= 0.3 is 0 Å². The number of nitrogens with zero attached hydrogens (tertiary/aromatic N) is 1. The summed E-state index contributed by atoms with van der Waals surface area (Å²) in [5, 5.41) is 6.23. The van der Waals surface area contributed by atoms with E-state index in [1.54, 1.807) is 0 Å². The fourth-order valence-electron chi connectivity index (χ4n) is 3.68. The first kappa shape index (κ1) is 18.9. The monoisotopic (exact) mass is 359 g/mol. The van der Waals surface area contributed by atoms with Gasteiger partial charge in [-0.25, -0.2) is 0 Å². The van der Waals surface area contributed by atoms with E-state index in [2.05, 4.69) is 17.6 Å². The molecule has 0 aromatic heterocycles. The lowest BCUT2D eigenvalue weighted by atomic mass is 10.0. The predicted molar refractivity (Wildman–Crippen MR) is 101 cm³/mol. The summed E-state index contributed by atoms with van der Waals surface area (Å²) in [6.45, 7) is 6.91. The normalized spacial score (nSPS) is 23.5. The number of hydrogen-bond donors (Lipinski definition) is 2. The van der Waals surface area contributed by atoms with Crippen LogP contribution in [0.4, 0.5) is 5.69 Å². The van der Waals surface area contributed by atoms with Crippen molar-refractivity contribution in [1.29, 1.82) is 0 Å². The van der Waals surface area contributed by atoms with Crippen molar-refractivity contribution in [3.8, 4) is 0 Å². The SMILES string of the molecule is Cc1cc(C(=O)N2CCCCC2C)ccc1NC(=O)CC1COCCN1. The Labute approximate surface area is 155 Å². The molecule has 142 valence electrons. The molecule has 0 radical (unpaired) electrons. The summed E-state index contributed by atoms with van der Waals surface area (Å²) in [7, 11) is 0. The summed E-state index contributed by atoms with van der Waals surface area (Å²) in [4.78, 5) is 27.0. The van der Waals surface area contributed by atoms with E-state index in [0.717, 1.165) is 37.2 Å². The molecular weight excluding hydrogens is 330 g/mol. The van der Waals surface area contributed by atoms with Crippen molar-refractivity contribution in [3.05, 3.63) is 29.3 Å². The minimum Gasteiger partial charge on any atom is -0.378 e. The Morgan fingerprint density at radius 1 is 1.35 bits per heavy atom. The molecule has 2 atom stereocenters. The van der Waals surface area contributed by atoms with Crippen LogP contribution in [-0.4, -0.2) is 55.1 Å². The lowest BCUT2D eigenvalue weighted by Gasteiger charge is -2.33. The minimum absolute atomic E-state index is 0.0418. The topological polar surface area (TPSA) is 70.7 Å². The molecule has 2 aliphatic rings. The highest BCUT2D eigenvalue weighted by Crippen LogP contribution is 2.22. The molecule has 2 unspecified atom stereocenters. The van der Waals surface area contributed by atoms with Gasteiger partial charge in [-0.1, -0.05) is 0 Å². The van der Waals surface area contributed by atoms with Crippen molar-refractivity contribution in [2.45, 2.75) is 51.6 Å². The third-order valence-electron chi connectivity index (χ3n) is 5.24. The van der Waals surface area contributed by atoms with Gasteiger partial charge < -0.3 is 20.3 Å². The van der Waals surface area contributed by atoms with Crippen LogP contribution in [0.25, 0.3) is 0 Å². The van der Waals surface area contributed by atoms with Crippen LogP contribution in [0.1, 0.15) is 48.5 Å². The zero-order valence-corrected chi connectivity index (χ0v) is 15.7. The fourth-order valence-corrected chi connectivity index (χ4v) is 3.68. The second-order valence-electron chi connectivity index (χ2n) is 7.35. The number of rotatable bonds is 4. The first-order chi connectivity index (χ1) is 12.5. The molecule has 1 aromatic rings. The first-order valence-corrected chi connectivity index (χ1v) is 9.57. The third-order valence-corrected chi connectivity index (χ3v) is 5.24. The molecule has 1 aromatic carbocycles. The van der Waals surface area contributed by atoms with Crippen LogP contribution in [0.3, 0.4) is 0 Å². The van der Waals surface area contributed by atoms with Crippen LogP contribution in [0.15, 0.2) is 18.2 Å². The van der Waals surface area contributed by atoms with Crippen molar-refractivity contribution < 1.29 is 14.3 Å². The number of morpholine rings is 1. The fraction of sp³-hybridized carbons (Fsp3) is 0.600. The molecule has 26 heavy (non-hydrogen) atoms. The van der Waals surface area contributed by atoms with Crippen LogP contribution in [-0.2, 0) is 9.53 Å². The third kappa shape index (κ3) is 4.62. The molecule has 2 heterocycles. The Bertz CT molecular complexity index is 656. The second-order valence-corrected chi connectivity index (χ2v) is 7.35. The Kier molecular flexibility index (Phi) is 6.27. The molecule has 0 saturated carbocycles. The molecule has 2 saturated heterocycles. The number of carbonyl (C=O) groups is 2. The average molecular weight is 359 g/mol. The summed E-state index contributed by atoms with van der Waals surface area (Å²) >= 11 is 0. The number of amides is 2. The summed E-state index contributed by atoms with van der Waals surface area (Å²) in [6, 6.07) is 5.88. The predicted octanol–water partition coefficient (Wildman–Crippen LogP) is 2.33. The van der Waals surface area contributed by atoms with Crippen molar-refractivity contribution in [3.63, 3.8) is 0 Å². The van der Waals surface area contributed by atoms with Crippen LogP contribution >= 0.6 is 0 Å². The number of benzene rings is 1. The summed E-state index contributed by atoms with van der Waals surface area (Å²) in [5.41, 5.74) is 2.35. The lowest BCUT2D eigenvalue weighted by molar-refractivity contribution is -0.117. The average Bonchev–Trinajstić information content (AvgIpc) is 2.64. The Morgan fingerprint density at radius 2 is 2.19 bits per heavy atom. The number of aryl methyl sites for hydroxylation is 1. The summed E-state index contributed by atoms with van der Waals surface area (Å²) in [6.07, 6.45) is 3.71. The highest BCUT2D eigenvalue weighted by atomic mass is 16.5. The largest absolute Gasteiger partial charge is 0.378 e. The molecule has 0 spiro atoms. The second kappa shape index (κ2) is 8.64.